The van der Waals surface area contributed by atoms with Crippen LogP contribution in [0, 0.1) is 23.1 Å². The minimum Gasteiger partial charge on any atom is -0.337 e. The Labute approximate surface area is 188 Å². The highest BCUT2D eigenvalue weighted by Crippen LogP contribution is 2.57. The van der Waals surface area contributed by atoms with Crippen molar-refractivity contribution < 1.29 is 14.0 Å². The second-order valence-electron chi connectivity index (χ2n) is 7.86. The number of piperidine rings is 1. The minimum atomic E-state index is -1.17. The number of nitrogens with zero attached hydrogens (tertiary/aromatic N) is 2. The van der Waals surface area contributed by atoms with E-state index in [0.29, 0.717) is 18.5 Å². The molecule has 2 aromatic carbocycles. The van der Waals surface area contributed by atoms with Gasteiger partial charge in [-0.3, -0.25) is 9.59 Å². The quantitative estimate of drug-likeness (QED) is 0.453. The first-order valence-electron chi connectivity index (χ1n) is 9.79. The van der Waals surface area contributed by atoms with E-state index in [1.807, 2.05) is 36.4 Å². The number of benzene rings is 2. The first-order valence-corrected chi connectivity index (χ1v) is 10.9. The maximum atomic E-state index is 14.3. The first-order chi connectivity index (χ1) is 14.3. The molecule has 0 unspecified atom stereocenters. The van der Waals surface area contributed by atoms with E-state index in [1.54, 1.807) is 36.1 Å². The highest BCUT2D eigenvalue weighted by Gasteiger charge is 2.64. The lowest BCUT2D eigenvalue weighted by molar-refractivity contribution is -0.143. The van der Waals surface area contributed by atoms with Crippen LogP contribution in [0.1, 0.15) is 24.5 Å². The summed E-state index contributed by atoms with van der Waals surface area (Å²) in [5.41, 5.74) is 0.0328. The maximum Gasteiger partial charge on any atom is 0.238 e. The standard InChI is InChI=1S/C24H20FIN2O2/c1-16-21(29)18(14-27)13-23(19-8-3-2-4-9-19)22(30)28(12-11-24(16,23)26)15-17-7-5-6-10-20(17)25/h2-10,13,16H,11-12,15H2,1H3/t16-,23+,24-/m1/s1. The van der Waals surface area contributed by atoms with Gasteiger partial charge in [-0.2, -0.15) is 5.26 Å². The van der Waals surface area contributed by atoms with Gasteiger partial charge in [0.25, 0.3) is 0 Å². The van der Waals surface area contributed by atoms with Gasteiger partial charge in [0.1, 0.15) is 17.3 Å². The van der Waals surface area contributed by atoms with E-state index in [0.717, 1.165) is 5.56 Å². The van der Waals surface area contributed by atoms with Gasteiger partial charge in [0.2, 0.25) is 5.91 Å². The third-order valence-electron chi connectivity index (χ3n) is 6.40. The SMILES string of the molecule is C[C@@H]1C(=O)C(C#N)=C[C@]2(c3ccccc3)C(=O)N(Cc3ccccc3F)CC[C@@]12I. The number of rotatable bonds is 3. The predicted octanol–water partition coefficient (Wildman–Crippen LogP) is 4.34. The van der Waals surface area contributed by atoms with E-state index in [1.165, 1.54) is 6.07 Å². The molecular formula is C24H20FIN2O2. The van der Waals surface area contributed by atoms with Crippen LogP contribution in [0.15, 0.2) is 66.2 Å². The maximum absolute atomic E-state index is 14.3. The number of ketones is 1. The Morgan fingerprint density at radius 1 is 1.17 bits per heavy atom. The summed E-state index contributed by atoms with van der Waals surface area (Å²) < 4.78 is 13.6. The van der Waals surface area contributed by atoms with Gasteiger partial charge in [0.05, 0.1) is 8.99 Å². The van der Waals surface area contributed by atoms with Crippen LogP contribution in [-0.4, -0.2) is 26.6 Å². The zero-order valence-electron chi connectivity index (χ0n) is 16.4. The monoisotopic (exact) mass is 514 g/mol. The van der Waals surface area contributed by atoms with E-state index in [9.17, 15) is 19.2 Å². The lowest BCUT2D eigenvalue weighted by Crippen LogP contribution is -2.67. The summed E-state index contributed by atoms with van der Waals surface area (Å²) in [4.78, 5) is 28.5. The number of hydrogen-bond acceptors (Lipinski definition) is 3. The second-order valence-corrected chi connectivity index (χ2v) is 9.79. The third kappa shape index (κ3) is 2.90. The summed E-state index contributed by atoms with van der Waals surface area (Å²) in [7, 11) is 0. The normalized spacial score (nSPS) is 28.5. The lowest BCUT2D eigenvalue weighted by Gasteiger charge is -2.55. The van der Waals surface area contributed by atoms with Crippen LogP contribution in [0.2, 0.25) is 0 Å². The molecule has 0 bridgehead atoms. The molecule has 0 spiro atoms. The third-order valence-corrected chi connectivity index (χ3v) is 8.72. The average molecular weight is 514 g/mol. The van der Waals surface area contributed by atoms with E-state index in [2.05, 4.69) is 22.6 Å². The summed E-state index contributed by atoms with van der Waals surface area (Å²) in [6, 6.07) is 17.7. The topological polar surface area (TPSA) is 61.2 Å². The van der Waals surface area contributed by atoms with Gasteiger partial charge in [0.15, 0.2) is 5.78 Å². The Hall–Kier alpha value is -2.53. The second kappa shape index (κ2) is 7.62. The van der Waals surface area contributed by atoms with E-state index < -0.39 is 14.8 Å². The molecule has 4 rings (SSSR count). The molecule has 1 saturated heterocycles. The van der Waals surface area contributed by atoms with Crippen LogP contribution in [0.5, 0.6) is 0 Å². The van der Waals surface area contributed by atoms with Crippen LogP contribution in [-0.2, 0) is 21.5 Å². The van der Waals surface area contributed by atoms with Crippen LogP contribution in [0.4, 0.5) is 4.39 Å². The summed E-state index contributed by atoms with van der Waals surface area (Å²) in [6.07, 6.45) is 2.12. The van der Waals surface area contributed by atoms with E-state index in [4.69, 9.17) is 0 Å². The number of allylic oxidation sites excluding steroid dienone is 1. The van der Waals surface area contributed by atoms with Crippen LogP contribution in [0.3, 0.4) is 0 Å². The highest BCUT2D eigenvalue weighted by molar-refractivity contribution is 14.1. The Morgan fingerprint density at radius 2 is 1.83 bits per heavy atom. The Balaban J connectivity index is 1.90. The van der Waals surface area contributed by atoms with Crippen molar-refractivity contribution in [1.82, 2.24) is 4.90 Å². The Kier molecular flexibility index (Phi) is 5.27. The summed E-state index contributed by atoms with van der Waals surface area (Å²) in [6.45, 7) is 2.36. The number of amides is 1. The number of halogens is 2. The van der Waals surface area contributed by atoms with Crippen LogP contribution >= 0.6 is 22.6 Å². The molecule has 0 N–H and O–H groups in total. The molecule has 1 aliphatic heterocycles. The number of carbonyl (C=O) groups excluding carboxylic acids is 2. The van der Waals surface area contributed by atoms with Crippen LogP contribution < -0.4 is 0 Å². The fourth-order valence-corrected chi connectivity index (χ4v) is 5.93. The first kappa shape index (κ1) is 20.7. The van der Waals surface area contributed by atoms with Crippen molar-refractivity contribution in [2.45, 2.75) is 28.7 Å². The minimum absolute atomic E-state index is 0.0136. The number of likely N-dealkylation sites (tertiary alicyclic amines) is 1. The number of hydrogen-bond donors (Lipinski definition) is 0. The van der Waals surface area contributed by atoms with E-state index in [-0.39, 0.29) is 29.6 Å². The molecule has 2 aliphatic rings. The van der Waals surface area contributed by atoms with Gasteiger partial charge in [-0.25, -0.2) is 4.39 Å². The molecular weight excluding hydrogens is 494 g/mol. The van der Waals surface area contributed by atoms with Crippen molar-refractivity contribution >= 4 is 34.3 Å². The van der Waals surface area contributed by atoms with Gasteiger partial charge >= 0.3 is 0 Å². The summed E-state index contributed by atoms with van der Waals surface area (Å²) in [5, 5.41) is 9.62. The van der Waals surface area contributed by atoms with Gasteiger partial charge in [0, 0.05) is 24.6 Å². The molecule has 152 valence electrons. The molecule has 1 aliphatic carbocycles. The molecule has 30 heavy (non-hydrogen) atoms. The molecule has 0 saturated carbocycles. The number of carbonyl (C=O) groups is 2. The molecule has 3 atom stereocenters. The van der Waals surface area contributed by atoms with Crippen LogP contribution in [0.25, 0.3) is 0 Å². The van der Waals surface area contributed by atoms with Gasteiger partial charge in [-0.05, 0) is 24.1 Å². The average Bonchev–Trinajstić information content (AvgIpc) is 2.76. The van der Waals surface area contributed by atoms with Gasteiger partial charge in [-0.15, -0.1) is 0 Å². The lowest BCUT2D eigenvalue weighted by atomic mass is 9.57. The van der Waals surface area contributed by atoms with Crippen molar-refractivity contribution in [2.75, 3.05) is 6.54 Å². The van der Waals surface area contributed by atoms with Crippen molar-refractivity contribution in [3.8, 4) is 6.07 Å². The number of alkyl halides is 1. The molecule has 1 fully saturated rings. The zero-order chi connectivity index (χ0) is 21.5. The molecule has 0 radical (unpaired) electrons. The van der Waals surface area contributed by atoms with E-state index >= 15 is 0 Å². The van der Waals surface area contributed by atoms with Crippen molar-refractivity contribution in [3.63, 3.8) is 0 Å². The van der Waals surface area contributed by atoms with Crippen molar-refractivity contribution in [2.24, 2.45) is 5.92 Å². The molecule has 6 heteroatoms. The molecule has 1 amide bonds. The molecule has 0 aromatic heterocycles. The van der Waals surface area contributed by atoms with Gasteiger partial charge < -0.3 is 4.90 Å². The Morgan fingerprint density at radius 3 is 2.50 bits per heavy atom. The Bertz CT molecular complexity index is 1090. The fraction of sp³-hybridized carbons (Fsp3) is 0.292. The largest absolute Gasteiger partial charge is 0.337 e. The number of fused-ring (bicyclic) bond motifs is 1. The molecule has 2 aromatic rings. The smallest absolute Gasteiger partial charge is 0.238 e. The molecule has 4 nitrogen and oxygen atoms in total. The predicted molar refractivity (Wildman–Crippen MR) is 119 cm³/mol. The number of nitriles is 1. The zero-order valence-corrected chi connectivity index (χ0v) is 18.6. The van der Waals surface area contributed by atoms with Gasteiger partial charge in [-0.1, -0.05) is 78.0 Å². The van der Waals surface area contributed by atoms with Crippen molar-refractivity contribution in [3.05, 3.63) is 83.2 Å². The number of Topliss-reactive ketones (excluding diaryl/α,β-unsaturated/α-hetero) is 1. The summed E-state index contributed by atoms with van der Waals surface area (Å²) >= 11 is 2.26. The summed E-state index contributed by atoms with van der Waals surface area (Å²) in [5.74, 6) is -1.29. The van der Waals surface area contributed by atoms with Crippen molar-refractivity contribution in [1.29, 1.82) is 5.26 Å². The highest BCUT2D eigenvalue weighted by atomic mass is 127. The molecule has 1 heterocycles. The fourth-order valence-electron chi connectivity index (χ4n) is 4.71.